The van der Waals surface area contributed by atoms with Crippen LogP contribution in [-0.4, -0.2) is 49.0 Å². The minimum absolute atomic E-state index is 0.0707. The third-order valence-electron chi connectivity index (χ3n) is 5.09. The topological polar surface area (TPSA) is 80.8 Å². The lowest BCUT2D eigenvalue weighted by atomic mass is 9.99. The van der Waals surface area contributed by atoms with Crippen molar-refractivity contribution < 1.29 is 19.1 Å². The second-order valence-corrected chi connectivity index (χ2v) is 7.33. The Kier molecular flexibility index (Phi) is 6.69. The SMILES string of the molecule is COc1ccc(CNC(=O)c2cncc(C(=O)N3CCCC(C)C3)c2)cc1OC. The van der Waals surface area contributed by atoms with Gasteiger partial charge in [-0.15, -0.1) is 0 Å². The molecule has 1 saturated heterocycles. The van der Waals surface area contributed by atoms with Crippen molar-refractivity contribution in [1.82, 2.24) is 15.2 Å². The second kappa shape index (κ2) is 9.41. The van der Waals surface area contributed by atoms with E-state index in [2.05, 4.69) is 17.2 Å². The predicted molar refractivity (Wildman–Crippen MR) is 109 cm³/mol. The summed E-state index contributed by atoms with van der Waals surface area (Å²) >= 11 is 0. The lowest BCUT2D eigenvalue weighted by Crippen LogP contribution is -2.39. The van der Waals surface area contributed by atoms with Crippen molar-refractivity contribution in [2.24, 2.45) is 5.92 Å². The van der Waals surface area contributed by atoms with E-state index in [4.69, 9.17) is 9.47 Å². The van der Waals surface area contributed by atoms with Gasteiger partial charge in [0, 0.05) is 32.0 Å². The van der Waals surface area contributed by atoms with Crippen LogP contribution in [0.15, 0.2) is 36.7 Å². The third-order valence-corrected chi connectivity index (χ3v) is 5.09. The summed E-state index contributed by atoms with van der Waals surface area (Å²) in [4.78, 5) is 31.3. The Hall–Kier alpha value is -3.09. The zero-order valence-corrected chi connectivity index (χ0v) is 17.1. The summed E-state index contributed by atoms with van der Waals surface area (Å²) in [6, 6.07) is 7.07. The lowest BCUT2D eigenvalue weighted by molar-refractivity contribution is 0.0682. The van der Waals surface area contributed by atoms with E-state index in [-0.39, 0.29) is 11.8 Å². The number of methoxy groups -OCH3 is 2. The fourth-order valence-electron chi connectivity index (χ4n) is 3.51. The number of nitrogens with zero attached hydrogens (tertiary/aromatic N) is 2. The molecule has 7 heteroatoms. The van der Waals surface area contributed by atoms with E-state index in [1.54, 1.807) is 26.4 Å². The number of aromatic nitrogens is 1. The molecule has 0 bridgehead atoms. The van der Waals surface area contributed by atoms with Gasteiger partial charge in [-0.2, -0.15) is 0 Å². The van der Waals surface area contributed by atoms with Gasteiger partial charge in [-0.05, 0) is 42.5 Å². The average molecular weight is 397 g/mol. The van der Waals surface area contributed by atoms with Gasteiger partial charge in [0.1, 0.15) is 0 Å². The van der Waals surface area contributed by atoms with Crippen LogP contribution in [0.3, 0.4) is 0 Å². The Morgan fingerprint density at radius 3 is 2.62 bits per heavy atom. The number of pyridine rings is 1. The van der Waals surface area contributed by atoms with Gasteiger partial charge in [0.15, 0.2) is 11.5 Å². The van der Waals surface area contributed by atoms with Crippen LogP contribution in [0.1, 0.15) is 46.0 Å². The Morgan fingerprint density at radius 1 is 1.14 bits per heavy atom. The molecule has 0 saturated carbocycles. The summed E-state index contributed by atoms with van der Waals surface area (Å²) in [5.74, 6) is 1.37. The molecule has 7 nitrogen and oxygen atoms in total. The van der Waals surface area contributed by atoms with Crippen LogP contribution in [0.25, 0.3) is 0 Å². The maximum atomic E-state index is 12.8. The van der Waals surface area contributed by atoms with Crippen LogP contribution in [0.4, 0.5) is 0 Å². The number of amides is 2. The fourth-order valence-corrected chi connectivity index (χ4v) is 3.51. The van der Waals surface area contributed by atoms with Gasteiger partial charge >= 0.3 is 0 Å². The lowest BCUT2D eigenvalue weighted by Gasteiger charge is -2.30. The number of nitrogens with one attached hydrogen (secondary N) is 1. The van der Waals surface area contributed by atoms with E-state index < -0.39 is 0 Å². The summed E-state index contributed by atoms with van der Waals surface area (Å²) in [6.45, 7) is 3.96. The number of hydrogen-bond donors (Lipinski definition) is 1. The van der Waals surface area contributed by atoms with E-state index in [1.165, 1.54) is 12.4 Å². The van der Waals surface area contributed by atoms with Gasteiger partial charge < -0.3 is 19.7 Å². The molecule has 1 aliphatic heterocycles. The van der Waals surface area contributed by atoms with Crippen LogP contribution in [-0.2, 0) is 6.54 Å². The summed E-state index contributed by atoms with van der Waals surface area (Å²) in [7, 11) is 3.14. The quantitative estimate of drug-likeness (QED) is 0.811. The number of ether oxygens (including phenoxy) is 2. The van der Waals surface area contributed by atoms with Gasteiger partial charge in [0.05, 0.1) is 25.3 Å². The number of piperidine rings is 1. The number of likely N-dealkylation sites (tertiary alicyclic amines) is 1. The monoisotopic (exact) mass is 397 g/mol. The maximum absolute atomic E-state index is 12.8. The van der Waals surface area contributed by atoms with E-state index >= 15 is 0 Å². The first kappa shape index (κ1) is 20.6. The summed E-state index contributed by atoms with van der Waals surface area (Å²) in [5.41, 5.74) is 1.68. The van der Waals surface area contributed by atoms with Gasteiger partial charge in [-0.1, -0.05) is 13.0 Å². The number of carbonyl (C=O) groups excluding carboxylic acids is 2. The molecule has 1 unspecified atom stereocenters. The van der Waals surface area contributed by atoms with Crippen LogP contribution in [0, 0.1) is 5.92 Å². The van der Waals surface area contributed by atoms with Gasteiger partial charge in [0.2, 0.25) is 0 Å². The molecule has 2 amide bonds. The first-order chi connectivity index (χ1) is 14.0. The van der Waals surface area contributed by atoms with Crippen LogP contribution in [0.2, 0.25) is 0 Å². The number of rotatable bonds is 6. The molecule has 1 aromatic heterocycles. The largest absolute Gasteiger partial charge is 0.493 e. The van der Waals surface area contributed by atoms with Gasteiger partial charge in [-0.25, -0.2) is 0 Å². The molecular formula is C22H27N3O4. The molecule has 0 spiro atoms. The first-order valence-corrected chi connectivity index (χ1v) is 9.75. The van der Waals surface area contributed by atoms with Crippen LogP contribution >= 0.6 is 0 Å². The second-order valence-electron chi connectivity index (χ2n) is 7.33. The summed E-state index contributed by atoms with van der Waals surface area (Å²) < 4.78 is 10.5. The van der Waals surface area contributed by atoms with E-state index in [0.29, 0.717) is 35.1 Å². The molecular weight excluding hydrogens is 370 g/mol. The van der Waals surface area contributed by atoms with Crippen molar-refractivity contribution in [2.75, 3.05) is 27.3 Å². The highest BCUT2D eigenvalue weighted by molar-refractivity contribution is 5.99. The standard InChI is InChI=1S/C22H27N3O4/c1-15-5-4-8-25(14-15)22(27)18-10-17(12-23-13-18)21(26)24-11-16-6-7-19(28-2)20(9-16)29-3/h6-7,9-10,12-13,15H,4-5,8,11,14H2,1-3H3,(H,24,26). The van der Waals surface area contributed by atoms with Crippen molar-refractivity contribution in [1.29, 1.82) is 0 Å². The molecule has 1 aromatic carbocycles. The molecule has 1 fully saturated rings. The van der Waals surface area contributed by atoms with Gasteiger partial charge in [-0.3, -0.25) is 14.6 Å². The minimum Gasteiger partial charge on any atom is -0.493 e. The summed E-state index contributed by atoms with van der Waals surface area (Å²) in [6.07, 6.45) is 5.14. The molecule has 154 valence electrons. The molecule has 2 aromatic rings. The molecule has 29 heavy (non-hydrogen) atoms. The number of benzene rings is 1. The zero-order valence-electron chi connectivity index (χ0n) is 17.1. The van der Waals surface area contributed by atoms with Crippen molar-refractivity contribution in [3.63, 3.8) is 0 Å². The Balaban J connectivity index is 1.66. The molecule has 2 heterocycles. The van der Waals surface area contributed by atoms with Crippen molar-refractivity contribution in [2.45, 2.75) is 26.3 Å². The minimum atomic E-state index is -0.283. The molecule has 1 atom stereocenters. The Bertz CT molecular complexity index is 884. The van der Waals surface area contributed by atoms with Crippen molar-refractivity contribution in [3.05, 3.63) is 53.3 Å². The van der Waals surface area contributed by atoms with Gasteiger partial charge in [0.25, 0.3) is 11.8 Å². The maximum Gasteiger partial charge on any atom is 0.255 e. The normalized spacial score (nSPS) is 16.2. The van der Waals surface area contributed by atoms with Crippen LogP contribution in [0.5, 0.6) is 11.5 Å². The van der Waals surface area contributed by atoms with E-state index in [0.717, 1.165) is 31.5 Å². The molecule has 1 N–H and O–H groups in total. The van der Waals surface area contributed by atoms with Crippen LogP contribution < -0.4 is 14.8 Å². The highest BCUT2D eigenvalue weighted by atomic mass is 16.5. The molecule has 3 rings (SSSR count). The first-order valence-electron chi connectivity index (χ1n) is 9.75. The predicted octanol–water partition coefficient (Wildman–Crippen LogP) is 2.90. The Labute approximate surface area is 171 Å². The molecule has 1 aliphatic rings. The van der Waals surface area contributed by atoms with Crippen molar-refractivity contribution in [3.8, 4) is 11.5 Å². The smallest absolute Gasteiger partial charge is 0.255 e. The summed E-state index contributed by atoms with van der Waals surface area (Å²) in [5, 5.41) is 2.86. The van der Waals surface area contributed by atoms with E-state index in [1.807, 2.05) is 17.0 Å². The highest BCUT2D eigenvalue weighted by Crippen LogP contribution is 2.27. The highest BCUT2D eigenvalue weighted by Gasteiger charge is 2.23. The molecule has 0 aliphatic carbocycles. The van der Waals surface area contributed by atoms with Crippen molar-refractivity contribution >= 4 is 11.8 Å². The number of carbonyl (C=O) groups is 2. The number of hydrogen-bond acceptors (Lipinski definition) is 5. The fraction of sp³-hybridized carbons (Fsp3) is 0.409. The molecule has 0 radical (unpaired) electrons. The Morgan fingerprint density at radius 2 is 1.90 bits per heavy atom. The van der Waals surface area contributed by atoms with E-state index in [9.17, 15) is 9.59 Å². The zero-order chi connectivity index (χ0) is 20.8. The third kappa shape index (κ3) is 5.04. The average Bonchev–Trinajstić information content (AvgIpc) is 2.76.